The SMILES string of the molecule is CC(=O)OCCOc1ccc(/C=C/c2ccccn2)cc1. The van der Waals surface area contributed by atoms with Crippen molar-refractivity contribution in [2.75, 3.05) is 13.2 Å². The van der Waals surface area contributed by atoms with Gasteiger partial charge in [-0.15, -0.1) is 0 Å². The molecule has 0 radical (unpaired) electrons. The van der Waals surface area contributed by atoms with E-state index in [1.54, 1.807) is 6.20 Å². The van der Waals surface area contributed by atoms with Crippen molar-refractivity contribution in [1.82, 2.24) is 4.98 Å². The maximum atomic E-state index is 10.6. The summed E-state index contributed by atoms with van der Waals surface area (Å²) in [5, 5.41) is 0. The number of carbonyl (C=O) groups is 1. The Morgan fingerprint density at radius 1 is 1.10 bits per heavy atom. The van der Waals surface area contributed by atoms with Crippen molar-refractivity contribution < 1.29 is 14.3 Å². The molecule has 21 heavy (non-hydrogen) atoms. The number of esters is 1. The lowest BCUT2D eigenvalue weighted by molar-refractivity contribution is -0.141. The summed E-state index contributed by atoms with van der Waals surface area (Å²) in [4.78, 5) is 14.8. The molecule has 0 aliphatic rings. The first-order valence-electron chi connectivity index (χ1n) is 6.69. The third-order valence-corrected chi connectivity index (χ3v) is 2.67. The fourth-order valence-electron chi connectivity index (χ4n) is 1.68. The lowest BCUT2D eigenvalue weighted by Gasteiger charge is -2.06. The fourth-order valence-corrected chi connectivity index (χ4v) is 1.68. The van der Waals surface area contributed by atoms with Crippen LogP contribution in [0.2, 0.25) is 0 Å². The first-order chi connectivity index (χ1) is 10.2. The topological polar surface area (TPSA) is 48.4 Å². The smallest absolute Gasteiger partial charge is 0.302 e. The molecule has 4 nitrogen and oxygen atoms in total. The molecule has 0 N–H and O–H groups in total. The largest absolute Gasteiger partial charge is 0.490 e. The maximum absolute atomic E-state index is 10.6. The van der Waals surface area contributed by atoms with Crippen LogP contribution in [-0.4, -0.2) is 24.2 Å². The second-order valence-electron chi connectivity index (χ2n) is 4.35. The lowest BCUT2D eigenvalue weighted by atomic mass is 10.2. The van der Waals surface area contributed by atoms with Gasteiger partial charge in [0.1, 0.15) is 19.0 Å². The van der Waals surface area contributed by atoms with Gasteiger partial charge in [0, 0.05) is 13.1 Å². The van der Waals surface area contributed by atoms with Gasteiger partial charge in [-0.3, -0.25) is 9.78 Å². The predicted octanol–water partition coefficient (Wildman–Crippen LogP) is 3.19. The molecule has 0 spiro atoms. The molecule has 1 heterocycles. The van der Waals surface area contributed by atoms with Crippen LogP contribution in [0, 0.1) is 0 Å². The van der Waals surface area contributed by atoms with E-state index < -0.39 is 0 Å². The van der Waals surface area contributed by atoms with E-state index in [0.717, 1.165) is 17.0 Å². The van der Waals surface area contributed by atoms with Crippen molar-refractivity contribution in [3.63, 3.8) is 0 Å². The standard InChI is InChI=1S/C17H17NO3/c1-14(19)20-12-13-21-17-9-6-15(7-10-17)5-8-16-4-2-3-11-18-16/h2-11H,12-13H2,1H3/b8-5+. The van der Waals surface area contributed by atoms with E-state index in [9.17, 15) is 4.79 Å². The number of benzene rings is 1. The quantitative estimate of drug-likeness (QED) is 0.603. The number of carbonyl (C=O) groups excluding carboxylic acids is 1. The lowest BCUT2D eigenvalue weighted by Crippen LogP contribution is -2.09. The van der Waals surface area contributed by atoms with Crippen LogP contribution >= 0.6 is 0 Å². The molecule has 0 unspecified atom stereocenters. The van der Waals surface area contributed by atoms with E-state index in [1.165, 1.54) is 6.92 Å². The summed E-state index contributed by atoms with van der Waals surface area (Å²) in [6.45, 7) is 1.99. The number of hydrogen-bond donors (Lipinski definition) is 0. The van der Waals surface area contributed by atoms with Crippen molar-refractivity contribution in [3.8, 4) is 5.75 Å². The van der Waals surface area contributed by atoms with Gasteiger partial charge in [0.05, 0.1) is 5.69 Å². The summed E-state index contributed by atoms with van der Waals surface area (Å²) < 4.78 is 10.3. The Morgan fingerprint density at radius 2 is 1.90 bits per heavy atom. The molecular formula is C17H17NO3. The zero-order valence-corrected chi connectivity index (χ0v) is 11.9. The van der Waals surface area contributed by atoms with Gasteiger partial charge >= 0.3 is 5.97 Å². The van der Waals surface area contributed by atoms with Crippen molar-refractivity contribution in [3.05, 3.63) is 59.9 Å². The second kappa shape index (κ2) is 7.85. The number of aromatic nitrogens is 1. The minimum absolute atomic E-state index is 0.261. The zero-order valence-electron chi connectivity index (χ0n) is 11.9. The van der Waals surface area contributed by atoms with Gasteiger partial charge in [0.2, 0.25) is 0 Å². The summed E-state index contributed by atoms with van der Waals surface area (Å²) >= 11 is 0. The van der Waals surface area contributed by atoms with Crippen LogP contribution in [0.25, 0.3) is 12.2 Å². The summed E-state index contributed by atoms with van der Waals surface area (Å²) in [6, 6.07) is 13.5. The van der Waals surface area contributed by atoms with Crippen molar-refractivity contribution in [2.24, 2.45) is 0 Å². The van der Waals surface area contributed by atoms with Gasteiger partial charge in [-0.1, -0.05) is 24.3 Å². The average molecular weight is 283 g/mol. The number of rotatable bonds is 6. The molecule has 0 saturated carbocycles. The van der Waals surface area contributed by atoms with E-state index in [-0.39, 0.29) is 12.6 Å². The van der Waals surface area contributed by atoms with Crippen LogP contribution in [0.1, 0.15) is 18.2 Å². The Morgan fingerprint density at radius 3 is 2.57 bits per heavy atom. The molecule has 0 bridgehead atoms. The van der Waals surface area contributed by atoms with E-state index in [0.29, 0.717) is 6.61 Å². The Bertz CT molecular complexity index is 591. The minimum atomic E-state index is -0.298. The number of ether oxygens (including phenoxy) is 2. The molecular weight excluding hydrogens is 266 g/mol. The highest BCUT2D eigenvalue weighted by Crippen LogP contribution is 2.14. The maximum Gasteiger partial charge on any atom is 0.302 e. The highest BCUT2D eigenvalue weighted by atomic mass is 16.6. The minimum Gasteiger partial charge on any atom is -0.490 e. The van der Waals surface area contributed by atoms with Crippen molar-refractivity contribution in [2.45, 2.75) is 6.92 Å². The molecule has 1 aromatic carbocycles. The van der Waals surface area contributed by atoms with Gasteiger partial charge in [-0.25, -0.2) is 0 Å². The molecule has 0 aliphatic carbocycles. The molecule has 2 aromatic rings. The fraction of sp³-hybridized carbons (Fsp3) is 0.176. The van der Waals surface area contributed by atoms with Crippen LogP contribution in [-0.2, 0) is 9.53 Å². The molecule has 2 rings (SSSR count). The van der Waals surface area contributed by atoms with Crippen LogP contribution < -0.4 is 4.74 Å². The zero-order chi connectivity index (χ0) is 14.9. The predicted molar refractivity (Wildman–Crippen MR) is 81.7 cm³/mol. The Labute approximate surface area is 124 Å². The normalized spacial score (nSPS) is 10.5. The number of hydrogen-bond acceptors (Lipinski definition) is 4. The average Bonchev–Trinajstić information content (AvgIpc) is 2.51. The molecule has 0 fully saturated rings. The van der Waals surface area contributed by atoms with Gasteiger partial charge in [-0.2, -0.15) is 0 Å². The van der Waals surface area contributed by atoms with Crippen molar-refractivity contribution in [1.29, 1.82) is 0 Å². The van der Waals surface area contributed by atoms with Gasteiger partial charge in [-0.05, 0) is 35.9 Å². The Balaban J connectivity index is 1.84. The van der Waals surface area contributed by atoms with E-state index in [4.69, 9.17) is 9.47 Å². The van der Waals surface area contributed by atoms with E-state index in [1.807, 2.05) is 54.6 Å². The third-order valence-electron chi connectivity index (χ3n) is 2.67. The molecule has 0 amide bonds. The Hall–Kier alpha value is -2.62. The molecule has 0 aliphatic heterocycles. The molecule has 0 saturated heterocycles. The molecule has 1 aromatic heterocycles. The van der Waals surface area contributed by atoms with E-state index in [2.05, 4.69) is 4.98 Å². The van der Waals surface area contributed by atoms with Crippen LogP contribution in [0.4, 0.5) is 0 Å². The van der Waals surface area contributed by atoms with Crippen LogP contribution in [0.15, 0.2) is 48.7 Å². The highest BCUT2D eigenvalue weighted by molar-refractivity contribution is 5.68. The monoisotopic (exact) mass is 283 g/mol. The second-order valence-corrected chi connectivity index (χ2v) is 4.35. The Kier molecular flexibility index (Phi) is 5.52. The number of nitrogens with zero attached hydrogens (tertiary/aromatic N) is 1. The van der Waals surface area contributed by atoms with Gasteiger partial charge in [0.15, 0.2) is 0 Å². The summed E-state index contributed by atoms with van der Waals surface area (Å²) in [6.07, 6.45) is 5.71. The summed E-state index contributed by atoms with van der Waals surface area (Å²) in [7, 11) is 0. The van der Waals surface area contributed by atoms with Gasteiger partial charge in [0.25, 0.3) is 0 Å². The molecule has 4 heteroatoms. The first kappa shape index (κ1) is 14.8. The van der Waals surface area contributed by atoms with Crippen LogP contribution in [0.5, 0.6) is 5.75 Å². The number of pyridine rings is 1. The molecule has 108 valence electrons. The summed E-state index contributed by atoms with van der Waals surface area (Å²) in [5.74, 6) is 0.450. The molecule has 0 atom stereocenters. The highest BCUT2D eigenvalue weighted by Gasteiger charge is 1.96. The van der Waals surface area contributed by atoms with E-state index >= 15 is 0 Å². The summed E-state index contributed by atoms with van der Waals surface area (Å²) in [5.41, 5.74) is 1.98. The van der Waals surface area contributed by atoms with Gasteiger partial charge < -0.3 is 9.47 Å². The first-order valence-corrected chi connectivity index (χ1v) is 6.69. The third kappa shape index (κ3) is 5.48. The van der Waals surface area contributed by atoms with Crippen LogP contribution in [0.3, 0.4) is 0 Å². The van der Waals surface area contributed by atoms with Crippen molar-refractivity contribution >= 4 is 18.1 Å².